The average Bonchev–Trinajstić information content (AvgIpc) is 2.53. The van der Waals surface area contributed by atoms with E-state index in [9.17, 15) is 4.79 Å². The average molecular weight is 200 g/mol. The van der Waals surface area contributed by atoms with Crippen LogP contribution in [0.25, 0.3) is 0 Å². The molecule has 4 nitrogen and oxygen atoms in total. The Morgan fingerprint density at radius 3 is 2.86 bits per heavy atom. The number of ether oxygens (including phenoxy) is 3. The predicted molar refractivity (Wildman–Crippen MR) is 48.6 cm³/mol. The molecule has 2 aliphatic heterocycles. The normalized spacial score (nSPS) is 39.7. The van der Waals surface area contributed by atoms with E-state index in [1.165, 1.54) is 0 Å². The van der Waals surface area contributed by atoms with Crippen molar-refractivity contribution in [2.75, 3.05) is 0 Å². The van der Waals surface area contributed by atoms with Crippen LogP contribution < -0.4 is 0 Å². The third-order valence-corrected chi connectivity index (χ3v) is 2.57. The monoisotopic (exact) mass is 200 g/mol. The SMILES string of the molecule is CC1(C)O[C@H]2O[C@@H](CCC=O)C[C@H]2O1. The molecule has 0 aromatic rings. The fraction of sp³-hybridized carbons (Fsp3) is 0.900. The van der Waals surface area contributed by atoms with Gasteiger partial charge in [-0.05, 0) is 20.3 Å². The van der Waals surface area contributed by atoms with Gasteiger partial charge in [0.1, 0.15) is 12.4 Å². The Balaban J connectivity index is 1.84. The van der Waals surface area contributed by atoms with Gasteiger partial charge in [-0.3, -0.25) is 0 Å². The molecule has 2 aliphatic rings. The molecule has 0 aromatic carbocycles. The Morgan fingerprint density at radius 2 is 2.21 bits per heavy atom. The summed E-state index contributed by atoms with van der Waals surface area (Å²) in [6, 6.07) is 0. The quantitative estimate of drug-likeness (QED) is 0.643. The van der Waals surface area contributed by atoms with Crippen molar-refractivity contribution in [1.82, 2.24) is 0 Å². The minimum atomic E-state index is -0.523. The Bertz CT molecular complexity index is 210. The van der Waals surface area contributed by atoms with E-state index >= 15 is 0 Å². The van der Waals surface area contributed by atoms with Crippen LogP contribution in [-0.2, 0) is 19.0 Å². The summed E-state index contributed by atoms with van der Waals surface area (Å²) in [5.74, 6) is -0.523. The lowest BCUT2D eigenvalue weighted by Gasteiger charge is -2.20. The maximum Gasteiger partial charge on any atom is 0.187 e. The number of hydrogen-bond acceptors (Lipinski definition) is 4. The highest BCUT2D eigenvalue weighted by molar-refractivity contribution is 5.49. The molecule has 2 fully saturated rings. The second-order valence-corrected chi connectivity index (χ2v) is 4.28. The van der Waals surface area contributed by atoms with Crippen LogP contribution in [0.2, 0.25) is 0 Å². The van der Waals surface area contributed by atoms with Gasteiger partial charge >= 0.3 is 0 Å². The van der Waals surface area contributed by atoms with Crippen molar-refractivity contribution in [3.63, 3.8) is 0 Å². The highest BCUT2D eigenvalue weighted by Gasteiger charge is 2.48. The van der Waals surface area contributed by atoms with E-state index in [0.29, 0.717) is 6.42 Å². The zero-order chi connectivity index (χ0) is 10.2. The van der Waals surface area contributed by atoms with Gasteiger partial charge in [-0.15, -0.1) is 0 Å². The molecule has 80 valence electrons. The van der Waals surface area contributed by atoms with Crippen LogP contribution in [0.4, 0.5) is 0 Å². The van der Waals surface area contributed by atoms with Crippen LogP contribution in [-0.4, -0.2) is 30.6 Å². The van der Waals surface area contributed by atoms with E-state index in [4.69, 9.17) is 14.2 Å². The van der Waals surface area contributed by atoms with Crippen molar-refractivity contribution < 1.29 is 19.0 Å². The third-order valence-electron chi connectivity index (χ3n) is 2.57. The van der Waals surface area contributed by atoms with E-state index in [0.717, 1.165) is 19.1 Å². The Kier molecular flexibility index (Phi) is 2.60. The summed E-state index contributed by atoms with van der Waals surface area (Å²) in [6.45, 7) is 3.77. The van der Waals surface area contributed by atoms with E-state index in [2.05, 4.69) is 0 Å². The first kappa shape index (κ1) is 10.1. The molecule has 3 atom stereocenters. The van der Waals surface area contributed by atoms with Crippen LogP contribution in [0.3, 0.4) is 0 Å². The molecule has 0 unspecified atom stereocenters. The molecule has 2 saturated heterocycles. The van der Waals surface area contributed by atoms with Crippen LogP contribution in [0.1, 0.15) is 33.1 Å². The van der Waals surface area contributed by atoms with E-state index in [1.54, 1.807) is 0 Å². The van der Waals surface area contributed by atoms with Crippen molar-refractivity contribution in [2.24, 2.45) is 0 Å². The van der Waals surface area contributed by atoms with Crippen molar-refractivity contribution >= 4 is 6.29 Å². The fourth-order valence-corrected chi connectivity index (χ4v) is 2.02. The first-order valence-corrected chi connectivity index (χ1v) is 5.05. The zero-order valence-electron chi connectivity index (χ0n) is 8.56. The molecule has 0 aliphatic carbocycles. The van der Waals surface area contributed by atoms with Crippen molar-refractivity contribution in [3.05, 3.63) is 0 Å². The molecule has 0 amide bonds. The molecule has 0 bridgehead atoms. The number of fused-ring (bicyclic) bond motifs is 1. The molecular formula is C10H16O4. The largest absolute Gasteiger partial charge is 0.346 e. The topological polar surface area (TPSA) is 44.8 Å². The molecule has 0 spiro atoms. The number of rotatable bonds is 3. The summed E-state index contributed by atoms with van der Waals surface area (Å²) in [5, 5.41) is 0. The van der Waals surface area contributed by atoms with Crippen LogP contribution >= 0.6 is 0 Å². The molecular weight excluding hydrogens is 184 g/mol. The smallest absolute Gasteiger partial charge is 0.187 e. The van der Waals surface area contributed by atoms with Crippen molar-refractivity contribution in [2.45, 2.75) is 57.4 Å². The van der Waals surface area contributed by atoms with Gasteiger partial charge in [-0.25, -0.2) is 0 Å². The van der Waals surface area contributed by atoms with Gasteiger partial charge in [-0.2, -0.15) is 0 Å². The van der Waals surface area contributed by atoms with Gasteiger partial charge < -0.3 is 19.0 Å². The second kappa shape index (κ2) is 3.61. The number of hydrogen-bond donors (Lipinski definition) is 0. The fourth-order valence-electron chi connectivity index (χ4n) is 2.02. The first-order chi connectivity index (χ1) is 6.61. The highest BCUT2D eigenvalue weighted by atomic mass is 16.8. The lowest BCUT2D eigenvalue weighted by atomic mass is 10.1. The highest BCUT2D eigenvalue weighted by Crippen LogP contribution is 2.37. The van der Waals surface area contributed by atoms with Gasteiger partial charge in [0.15, 0.2) is 12.1 Å². The molecule has 14 heavy (non-hydrogen) atoms. The van der Waals surface area contributed by atoms with Crippen LogP contribution in [0.5, 0.6) is 0 Å². The van der Waals surface area contributed by atoms with E-state index in [-0.39, 0.29) is 18.5 Å². The van der Waals surface area contributed by atoms with Gasteiger partial charge in [0.05, 0.1) is 6.10 Å². The minimum Gasteiger partial charge on any atom is -0.346 e. The van der Waals surface area contributed by atoms with Crippen molar-refractivity contribution in [3.8, 4) is 0 Å². The lowest BCUT2D eigenvalue weighted by Crippen LogP contribution is -2.24. The number of carbonyl (C=O) groups is 1. The molecule has 0 radical (unpaired) electrons. The minimum absolute atomic E-state index is 0.0432. The summed E-state index contributed by atoms with van der Waals surface area (Å²) in [7, 11) is 0. The van der Waals surface area contributed by atoms with Gasteiger partial charge in [0.25, 0.3) is 0 Å². The first-order valence-electron chi connectivity index (χ1n) is 5.05. The number of carbonyl (C=O) groups excluding carboxylic acids is 1. The molecule has 2 rings (SSSR count). The molecule has 0 aromatic heterocycles. The van der Waals surface area contributed by atoms with Gasteiger partial charge in [-0.1, -0.05) is 0 Å². The summed E-state index contributed by atoms with van der Waals surface area (Å²) in [5.41, 5.74) is 0. The van der Waals surface area contributed by atoms with Crippen LogP contribution in [0, 0.1) is 0 Å². The molecule has 0 N–H and O–H groups in total. The predicted octanol–water partition coefficient (Wildman–Crippen LogP) is 1.23. The molecule has 4 heteroatoms. The zero-order valence-corrected chi connectivity index (χ0v) is 8.56. The van der Waals surface area contributed by atoms with E-state index < -0.39 is 5.79 Å². The summed E-state index contributed by atoms with van der Waals surface area (Å²) < 4.78 is 16.8. The Labute approximate surface area is 83.5 Å². The number of aldehydes is 1. The summed E-state index contributed by atoms with van der Waals surface area (Å²) in [6.07, 6.45) is 3.00. The van der Waals surface area contributed by atoms with Gasteiger partial charge in [0.2, 0.25) is 0 Å². The maximum atomic E-state index is 10.2. The Morgan fingerprint density at radius 1 is 1.43 bits per heavy atom. The molecule has 0 saturated carbocycles. The molecule has 2 heterocycles. The van der Waals surface area contributed by atoms with E-state index in [1.807, 2.05) is 13.8 Å². The van der Waals surface area contributed by atoms with Crippen molar-refractivity contribution in [1.29, 1.82) is 0 Å². The van der Waals surface area contributed by atoms with Crippen LogP contribution in [0.15, 0.2) is 0 Å². The van der Waals surface area contributed by atoms with Gasteiger partial charge in [0, 0.05) is 12.8 Å². The summed E-state index contributed by atoms with van der Waals surface area (Å²) >= 11 is 0. The Hall–Kier alpha value is -0.450. The summed E-state index contributed by atoms with van der Waals surface area (Å²) in [4.78, 5) is 10.2. The third kappa shape index (κ3) is 1.97. The lowest BCUT2D eigenvalue weighted by molar-refractivity contribution is -0.205. The standard InChI is InChI=1S/C10H16O4/c1-10(2)13-8-6-7(4-3-5-11)12-9(8)14-10/h5,7-9H,3-4,6H2,1-2H3/t7-,8+,9+/m0/s1. The second-order valence-electron chi connectivity index (χ2n) is 4.28. The maximum absolute atomic E-state index is 10.2.